The van der Waals surface area contributed by atoms with Crippen molar-refractivity contribution in [1.82, 2.24) is 19.7 Å². The number of anilines is 1. The van der Waals surface area contributed by atoms with E-state index in [4.69, 9.17) is 16.3 Å². The Balaban J connectivity index is 1.66. The van der Waals surface area contributed by atoms with E-state index >= 15 is 0 Å². The second-order valence-electron chi connectivity index (χ2n) is 6.79. The molecule has 0 fully saturated rings. The van der Waals surface area contributed by atoms with Crippen molar-refractivity contribution in [1.29, 1.82) is 0 Å². The van der Waals surface area contributed by atoms with Crippen LogP contribution in [0.1, 0.15) is 36.9 Å². The van der Waals surface area contributed by atoms with E-state index in [9.17, 15) is 4.79 Å². The molecule has 2 heterocycles. The number of aryl methyl sites for hydroxylation is 2. The van der Waals surface area contributed by atoms with Gasteiger partial charge in [0, 0.05) is 12.7 Å². The minimum Gasteiger partial charge on any atom is -0.482 e. The number of nitrogens with zero attached hydrogens (tertiary/aromatic N) is 4. The van der Waals surface area contributed by atoms with Gasteiger partial charge in [-0.05, 0) is 51.5 Å². The monoisotopic (exact) mass is 445 g/mol. The molecule has 1 aromatic carbocycles. The van der Waals surface area contributed by atoms with Crippen LogP contribution in [0.4, 0.5) is 5.69 Å². The van der Waals surface area contributed by atoms with Crippen LogP contribution in [0.25, 0.3) is 0 Å². The van der Waals surface area contributed by atoms with Crippen LogP contribution in [0.5, 0.6) is 5.75 Å². The molecule has 0 spiro atoms. The molecule has 1 atom stereocenters. The fourth-order valence-electron chi connectivity index (χ4n) is 2.98. The SMILES string of the molecule is CCn1c(SCC(=O)Nc2cccnc2Cl)nnc1C(C)Oc1ccc(C)cc1C. The van der Waals surface area contributed by atoms with E-state index in [1.165, 1.54) is 17.3 Å². The van der Waals surface area contributed by atoms with Crippen LogP contribution in [0, 0.1) is 13.8 Å². The Bertz CT molecular complexity index is 1040. The lowest BCUT2D eigenvalue weighted by molar-refractivity contribution is -0.113. The fraction of sp³-hybridized carbons (Fsp3) is 0.333. The number of halogens is 1. The number of rotatable bonds is 8. The average molecular weight is 446 g/mol. The second kappa shape index (κ2) is 9.95. The Morgan fingerprint density at radius 2 is 2.10 bits per heavy atom. The number of hydrogen-bond donors (Lipinski definition) is 1. The van der Waals surface area contributed by atoms with E-state index in [1.54, 1.807) is 18.3 Å². The molecular weight excluding hydrogens is 422 g/mol. The van der Waals surface area contributed by atoms with Crippen LogP contribution < -0.4 is 10.1 Å². The summed E-state index contributed by atoms with van der Waals surface area (Å²) in [5.41, 5.74) is 2.75. The van der Waals surface area contributed by atoms with E-state index < -0.39 is 0 Å². The summed E-state index contributed by atoms with van der Waals surface area (Å²) < 4.78 is 8.09. The lowest BCUT2D eigenvalue weighted by Crippen LogP contribution is -2.16. The quantitative estimate of drug-likeness (QED) is 0.395. The Morgan fingerprint density at radius 1 is 1.30 bits per heavy atom. The smallest absolute Gasteiger partial charge is 0.234 e. The van der Waals surface area contributed by atoms with Crippen molar-refractivity contribution in [3.63, 3.8) is 0 Å². The number of carbonyl (C=O) groups is 1. The topological polar surface area (TPSA) is 81.9 Å². The normalized spacial score (nSPS) is 11.9. The highest BCUT2D eigenvalue weighted by molar-refractivity contribution is 7.99. The maximum atomic E-state index is 12.3. The Labute approximate surface area is 185 Å². The molecule has 0 saturated heterocycles. The number of ether oxygens (including phenoxy) is 1. The molecular formula is C21H24ClN5O2S. The number of carbonyl (C=O) groups excluding carboxylic acids is 1. The number of benzene rings is 1. The van der Waals surface area contributed by atoms with E-state index in [-0.39, 0.29) is 22.9 Å². The molecule has 1 amide bonds. The summed E-state index contributed by atoms with van der Waals surface area (Å²) in [5.74, 6) is 1.52. The summed E-state index contributed by atoms with van der Waals surface area (Å²) in [7, 11) is 0. The number of pyridine rings is 1. The predicted octanol–water partition coefficient (Wildman–Crippen LogP) is 4.83. The molecule has 30 heavy (non-hydrogen) atoms. The predicted molar refractivity (Wildman–Crippen MR) is 119 cm³/mol. The molecule has 7 nitrogen and oxygen atoms in total. The lowest BCUT2D eigenvalue weighted by atomic mass is 10.1. The van der Waals surface area contributed by atoms with Gasteiger partial charge < -0.3 is 14.6 Å². The molecule has 0 radical (unpaired) electrons. The first-order chi connectivity index (χ1) is 14.4. The van der Waals surface area contributed by atoms with E-state index in [2.05, 4.69) is 33.5 Å². The number of amides is 1. The number of aromatic nitrogens is 4. The molecule has 9 heteroatoms. The van der Waals surface area contributed by atoms with Crippen LogP contribution in [0.3, 0.4) is 0 Å². The van der Waals surface area contributed by atoms with Crippen molar-refractivity contribution in [3.8, 4) is 5.75 Å². The summed E-state index contributed by atoms with van der Waals surface area (Å²) in [6.45, 7) is 8.70. The van der Waals surface area contributed by atoms with Crippen molar-refractivity contribution < 1.29 is 9.53 Å². The van der Waals surface area contributed by atoms with Crippen LogP contribution in [-0.4, -0.2) is 31.4 Å². The van der Waals surface area contributed by atoms with Gasteiger partial charge >= 0.3 is 0 Å². The first-order valence-electron chi connectivity index (χ1n) is 9.59. The molecule has 3 aromatic rings. The van der Waals surface area contributed by atoms with Crippen LogP contribution in [0.15, 0.2) is 41.7 Å². The molecule has 1 unspecified atom stereocenters. The van der Waals surface area contributed by atoms with Gasteiger partial charge in [-0.25, -0.2) is 4.98 Å². The minimum atomic E-state index is -0.281. The van der Waals surface area contributed by atoms with E-state index in [0.717, 1.165) is 17.1 Å². The van der Waals surface area contributed by atoms with Gasteiger partial charge in [0.05, 0.1) is 11.4 Å². The third-order valence-electron chi connectivity index (χ3n) is 4.43. The van der Waals surface area contributed by atoms with Gasteiger partial charge in [0.15, 0.2) is 22.2 Å². The maximum Gasteiger partial charge on any atom is 0.234 e. The van der Waals surface area contributed by atoms with Gasteiger partial charge in [0.1, 0.15) is 5.75 Å². The molecule has 0 aliphatic heterocycles. The molecule has 3 rings (SSSR count). The van der Waals surface area contributed by atoms with Gasteiger partial charge in [-0.15, -0.1) is 10.2 Å². The van der Waals surface area contributed by atoms with Crippen molar-refractivity contribution in [3.05, 3.63) is 58.6 Å². The van der Waals surface area contributed by atoms with Crippen LogP contribution in [-0.2, 0) is 11.3 Å². The number of hydrogen-bond acceptors (Lipinski definition) is 6. The zero-order chi connectivity index (χ0) is 21.7. The van der Waals surface area contributed by atoms with E-state index in [1.807, 2.05) is 37.5 Å². The van der Waals surface area contributed by atoms with Crippen molar-refractivity contribution in [2.24, 2.45) is 0 Å². The van der Waals surface area contributed by atoms with E-state index in [0.29, 0.717) is 17.4 Å². The minimum absolute atomic E-state index is 0.176. The Morgan fingerprint density at radius 3 is 2.80 bits per heavy atom. The zero-order valence-electron chi connectivity index (χ0n) is 17.3. The van der Waals surface area contributed by atoms with Crippen molar-refractivity contribution in [2.75, 3.05) is 11.1 Å². The third-order valence-corrected chi connectivity index (χ3v) is 5.69. The summed E-state index contributed by atoms with van der Waals surface area (Å²) in [6, 6.07) is 9.49. The summed E-state index contributed by atoms with van der Waals surface area (Å²) in [5, 5.41) is 12.2. The number of nitrogens with one attached hydrogen (secondary N) is 1. The van der Waals surface area contributed by atoms with Gasteiger partial charge in [-0.1, -0.05) is 41.1 Å². The largest absolute Gasteiger partial charge is 0.482 e. The van der Waals surface area contributed by atoms with Gasteiger partial charge in [0.25, 0.3) is 0 Å². The summed E-state index contributed by atoms with van der Waals surface area (Å²) >= 11 is 7.30. The first-order valence-corrected chi connectivity index (χ1v) is 11.0. The van der Waals surface area contributed by atoms with Gasteiger partial charge in [-0.2, -0.15) is 0 Å². The molecule has 0 aliphatic rings. The summed E-state index contributed by atoms with van der Waals surface area (Å²) in [4.78, 5) is 16.2. The molecule has 0 aliphatic carbocycles. The lowest BCUT2D eigenvalue weighted by Gasteiger charge is -2.17. The molecule has 1 N–H and O–H groups in total. The molecule has 158 valence electrons. The average Bonchev–Trinajstić information content (AvgIpc) is 3.13. The molecule has 0 bridgehead atoms. The Hall–Kier alpha value is -2.58. The molecule has 2 aromatic heterocycles. The van der Waals surface area contributed by atoms with Crippen LogP contribution >= 0.6 is 23.4 Å². The Kier molecular flexibility index (Phi) is 7.33. The standard InChI is InChI=1S/C21H24ClN5O2S/c1-5-27-20(15(4)29-17-9-8-13(2)11-14(17)3)25-26-21(27)30-12-18(28)24-16-7-6-10-23-19(16)22/h6-11,15H,5,12H2,1-4H3,(H,24,28). The third kappa shape index (κ3) is 5.31. The highest BCUT2D eigenvalue weighted by Gasteiger charge is 2.20. The van der Waals surface area contributed by atoms with Crippen molar-refractivity contribution in [2.45, 2.75) is 45.5 Å². The highest BCUT2D eigenvalue weighted by Crippen LogP contribution is 2.27. The first kappa shape index (κ1) is 22.1. The highest BCUT2D eigenvalue weighted by atomic mass is 35.5. The van der Waals surface area contributed by atoms with Crippen LogP contribution in [0.2, 0.25) is 5.15 Å². The molecule has 0 saturated carbocycles. The second-order valence-corrected chi connectivity index (χ2v) is 8.09. The fourth-order valence-corrected chi connectivity index (χ4v) is 3.95. The maximum absolute atomic E-state index is 12.3. The van der Waals surface area contributed by atoms with Gasteiger partial charge in [0.2, 0.25) is 5.91 Å². The summed E-state index contributed by atoms with van der Waals surface area (Å²) in [6.07, 6.45) is 1.29. The number of thioether (sulfide) groups is 1. The zero-order valence-corrected chi connectivity index (χ0v) is 18.9. The van der Waals surface area contributed by atoms with Gasteiger partial charge in [-0.3, -0.25) is 4.79 Å². The van der Waals surface area contributed by atoms with Crippen molar-refractivity contribution >= 4 is 35.0 Å².